The molecule has 1 aromatic rings. The molecule has 0 saturated carbocycles. The second kappa shape index (κ2) is 8.06. The largest absolute Gasteiger partial charge is 0.491 e. The summed E-state index contributed by atoms with van der Waals surface area (Å²) in [4.78, 5) is 14.0. The Hall–Kier alpha value is -1.71. The highest BCUT2D eigenvalue weighted by molar-refractivity contribution is 5.74. The van der Waals surface area contributed by atoms with Crippen LogP contribution in [0.2, 0.25) is 0 Å². The molecule has 1 aliphatic heterocycles. The number of para-hydroxylation sites is 1. The minimum atomic E-state index is 0.0349. The molecule has 1 heterocycles. The van der Waals surface area contributed by atoms with Gasteiger partial charge < -0.3 is 15.0 Å². The van der Waals surface area contributed by atoms with Crippen molar-refractivity contribution in [1.29, 1.82) is 0 Å². The fraction of sp³-hybridized carbons (Fsp3) is 0.611. The van der Waals surface area contributed by atoms with Crippen molar-refractivity contribution in [2.24, 2.45) is 5.92 Å². The molecule has 0 aromatic heterocycles. The maximum Gasteiger partial charge on any atom is 0.317 e. The van der Waals surface area contributed by atoms with Gasteiger partial charge in [-0.2, -0.15) is 0 Å². The molecular formula is C18H28N2O2. The third-order valence-corrected chi connectivity index (χ3v) is 4.25. The molecule has 1 aromatic carbocycles. The van der Waals surface area contributed by atoms with E-state index in [9.17, 15) is 4.79 Å². The molecule has 0 bridgehead atoms. The fourth-order valence-corrected chi connectivity index (χ4v) is 2.73. The van der Waals surface area contributed by atoms with Crippen molar-refractivity contribution in [3.8, 4) is 5.75 Å². The van der Waals surface area contributed by atoms with Crippen LogP contribution >= 0.6 is 0 Å². The first-order chi connectivity index (χ1) is 10.6. The van der Waals surface area contributed by atoms with Crippen LogP contribution in [0.3, 0.4) is 0 Å². The number of hydrogen-bond donors (Lipinski definition) is 1. The second-order valence-corrected chi connectivity index (χ2v) is 6.44. The van der Waals surface area contributed by atoms with Gasteiger partial charge in [0, 0.05) is 13.1 Å². The van der Waals surface area contributed by atoms with Crippen LogP contribution in [0.15, 0.2) is 24.3 Å². The van der Waals surface area contributed by atoms with Crippen molar-refractivity contribution in [1.82, 2.24) is 10.2 Å². The molecule has 122 valence electrons. The van der Waals surface area contributed by atoms with Gasteiger partial charge in [0.15, 0.2) is 0 Å². The lowest BCUT2D eigenvalue weighted by Gasteiger charge is -2.30. The van der Waals surface area contributed by atoms with Crippen LogP contribution in [-0.2, 0) is 0 Å². The summed E-state index contributed by atoms with van der Waals surface area (Å²) in [6, 6.07) is 8.12. The van der Waals surface area contributed by atoms with E-state index in [4.69, 9.17) is 4.74 Å². The number of nitrogens with zero attached hydrogens (tertiary/aromatic N) is 1. The molecule has 2 rings (SSSR count). The highest BCUT2D eigenvalue weighted by Crippen LogP contribution is 2.25. The van der Waals surface area contributed by atoms with Crippen LogP contribution in [0.1, 0.15) is 45.1 Å². The zero-order valence-corrected chi connectivity index (χ0v) is 14.0. The van der Waals surface area contributed by atoms with E-state index >= 15 is 0 Å². The highest BCUT2D eigenvalue weighted by Gasteiger charge is 2.19. The van der Waals surface area contributed by atoms with Crippen LogP contribution in [0.25, 0.3) is 0 Å². The van der Waals surface area contributed by atoms with E-state index < -0.39 is 0 Å². The lowest BCUT2D eigenvalue weighted by molar-refractivity contribution is 0.172. The summed E-state index contributed by atoms with van der Waals surface area (Å²) in [5.74, 6) is 2.08. The van der Waals surface area contributed by atoms with E-state index in [1.54, 1.807) is 0 Å². The first kappa shape index (κ1) is 16.7. The van der Waals surface area contributed by atoms with Crippen LogP contribution in [-0.4, -0.2) is 37.2 Å². The third kappa shape index (κ3) is 4.65. The number of piperidine rings is 1. The van der Waals surface area contributed by atoms with E-state index in [1.165, 1.54) is 5.56 Å². The monoisotopic (exact) mass is 304 g/mol. The minimum absolute atomic E-state index is 0.0349. The number of carbonyl (C=O) groups excluding carboxylic acids is 1. The third-order valence-electron chi connectivity index (χ3n) is 4.25. The van der Waals surface area contributed by atoms with Gasteiger partial charge in [-0.3, -0.25) is 0 Å². The van der Waals surface area contributed by atoms with Crippen molar-refractivity contribution in [2.75, 3.05) is 26.2 Å². The highest BCUT2D eigenvalue weighted by atomic mass is 16.5. The molecule has 22 heavy (non-hydrogen) atoms. The first-order valence-electron chi connectivity index (χ1n) is 8.32. The number of urea groups is 1. The van der Waals surface area contributed by atoms with Gasteiger partial charge in [0.25, 0.3) is 0 Å². The second-order valence-electron chi connectivity index (χ2n) is 6.44. The van der Waals surface area contributed by atoms with E-state index in [2.05, 4.69) is 32.2 Å². The first-order valence-corrected chi connectivity index (χ1v) is 8.32. The molecule has 1 aliphatic rings. The Bertz CT molecular complexity index is 480. The SMILES string of the molecule is CC1CCN(C(=O)NCCOc2ccccc2C(C)C)CC1. The summed E-state index contributed by atoms with van der Waals surface area (Å²) in [7, 11) is 0. The molecular weight excluding hydrogens is 276 g/mol. The number of ether oxygens (including phenoxy) is 1. The summed E-state index contributed by atoms with van der Waals surface area (Å²) in [6.07, 6.45) is 2.21. The van der Waals surface area contributed by atoms with E-state index in [1.807, 2.05) is 23.1 Å². The summed E-state index contributed by atoms with van der Waals surface area (Å²) >= 11 is 0. The van der Waals surface area contributed by atoms with Crippen molar-refractivity contribution in [2.45, 2.75) is 39.5 Å². The smallest absolute Gasteiger partial charge is 0.317 e. The predicted octanol–water partition coefficient (Wildman–Crippen LogP) is 3.63. The van der Waals surface area contributed by atoms with Crippen molar-refractivity contribution >= 4 is 6.03 Å². The maximum atomic E-state index is 12.1. The van der Waals surface area contributed by atoms with Crippen LogP contribution < -0.4 is 10.1 Å². The topological polar surface area (TPSA) is 41.6 Å². The van der Waals surface area contributed by atoms with E-state index in [0.29, 0.717) is 19.1 Å². The Morgan fingerprint density at radius 1 is 1.32 bits per heavy atom. The maximum absolute atomic E-state index is 12.1. The molecule has 4 heteroatoms. The van der Waals surface area contributed by atoms with Crippen molar-refractivity contribution < 1.29 is 9.53 Å². The number of hydrogen-bond acceptors (Lipinski definition) is 2. The Labute approximate surface area is 133 Å². The molecule has 0 aliphatic carbocycles. The fourth-order valence-electron chi connectivity index (χ4n) is 2.73. The van der Waals surface area contributed by atoms with Gasteiger partial charge in [-0.15, -0.1) is 0 Å². The van der Waals surface area contributed by atoms with Gasteiger partial charge in [-0.05, 0) is 36.3 Å². The normalized spacial score (nSPS) is 15.9. The molecule has 0 spiro atoms. The quantitative estimate of drug-likeness (QED) is 0.844. The Morgan fingerprint density at radius 2 is 2.00 bits per heavy atom. The minimum Gasteiger partial charge on any atom is -0.491 e. The standard InChI is InChI=1S/C18H28N2O2/c1-14(2)16-6-4-5-7-17(16)22-13-10-19-18(21)20-11-8-15(3)9-12-20/h4-7,14-15H,8-13H2,1-3H3,(H,19,21). The molecule has 4 nitrogen and oxygen atoms in total. The number of nitrogens with one attached hydrogen (secondary N) is 1. The molecule has 0 radical (unpaired) electrons. The van der Waals surface area contributed by atoms with Crippen LogP contribution in [0.4, 0.5) is 4.79 Å². The lowest BCUT2D eigenvalue weighted by Crippen LogP contribution is -2.45. The van der Waals surface area contributed by atoms with Crippen molar-refractivity contribution in [3.05, 3.63) is 29.8 Å². The number of rotatable bonds is 5. The van der Waals surface area contributed by atoms with Gasteiger partial charge in [-0.25, -0.2) is 4.79 Å². The Balaban J connectivity index is 1.72. The Kier molecular flexibility index (Phi) is 6.10. The molecule has 1 saturated heterocycles. The average molecular weight is 304 g/mol. The molecule has 2 amide bonds. The van der Waals surface area contributed by atoms with Crippen LogP contribution in [0.5, 0.6) is 5.75 Å². The number of benzene rings is 1. The van der Waals surface area contributed by atoms with Crippen molar-refractivity contribution in [3.63, 3.8) is 0 Å². The summed E-state index contributed by atoms with van der Waals surface area (Å²) in [6.45, 7) is 9.32. The molecule has 1 N–H and O–H groups in total. The molecule has 0 atom stereocenters. The average Bonchev–Trinajstić information content (AvgIpc) is 2.52. The Morgan fingerprint density at radius 3 is 2.68 bits per heavy atom. The lowest BCUT2D eigenvalue weighted by atomic mass is 10.00. The zero-order valence-electron chi connectivity index (χ0n) is 14.0. The molecule has 1 fully saturated rings. The predicted molar refractivity (Wildman–Crippen MR) is 89.4 cm³/mol. The number of carbonyl (C=O) groups is 1. The van der Waals surface area contributed by atoms with Gasteiger partial charge in [0.2, 0.25) is 0 Å². The number of amides is 2. The zero-order chi connectivity index (χ0) is 15.9. The molecule has 0 unspecified atom stereocenters. The van der Waals surface area contributed by atoms with Gasteiger partial charge in [-0.1, -0.05) is 39.0 Å². The summed E-state index contributed by atoms with van der Waals surface area (Å²) in [5, 5.41) is 2.95. The van der Waals surface area contributed by atoms with E-state index in [-0.39, 0.29) is 6.03 Å². The van der Waals surface area contributed by atoms with Gasteiger partial charge >= 0.3 is 6.03 Å². The summed E-state index contributed by atoms with van der Waals surface area (Å²) < 4.78 is 5.82. The number of likely N-dealkylation sites (tertiary alicyclic amines) is 1. The van der Waals surface area contributed by atoms with Crippen LogP contribution in [0, 0.1) is 5.92 Å². The van der Waals surface area contributed by atoms with Gasteiger partial charge in [0.05, 0.1) is 6.54 Å². The van der Waals surface area contributed by atoms with E-state index in [0.717, 1.165) is 37.6 Å². The summed E-state index contributed by atoms with van der Waals surface area (Å²) in [5.41, 5.74) is 1.21. The van der Waals surface area contributed by atoms with Gasteiger partial charge in [0.1, 0.15) is 12.4 Å².